The summed E-state index contributed by atoms with van der Waals surface area (Å²) in [6.45, 7) is 3.82. The number of thioether (sulfide) groups is 1. The maximum Gasteiger partial charge on any atom is 0.316 e. The third-order valence-electron chi connectivity index (χ3n) is 2.56. The van der Waals surface area contributed by atoms with Crippen LogP contribution in [-0.2, 0) is 10.5 Å². The Morgan fingerprint density at radius 2 is 2.29 bits per heavy atom. The molecule has 17 heavy (non-hydrogen) atoms. The molecule has 0 aliphatic carbocycles. The summed E-state index contributed by atoms with van der Waals surface area (Å²) >= 11 is 1.43. The number of rotatable bonds is 5. The number of carbonyl (C=O) groups is 1. The van der Waals surface area contributed by atoms with E-state index >= 15 is 0 Å². The van der Waals surface area contributed by atoms with Crippen molar-refractivity contribution in [2.75, 3.05) is 0 Å². The Morgan fingerprint density at radius 1 is 1.59 bits per heavy atom. The zero-order valence-electron chi connectivity index (χ0n) is 9.93. The number of hydrogen-bond donors (Lipinski definition) is 1. The van der Waals surface area contributed by atoms with Gasteiger partial charge in [-0.05, 0) is 36.6 Å². The average Bonchev–Trinajstić information content (AvgIpc) is 2.31. The minimum atomic E-state index is -0.760. The van der Waals surface area contributed by atoms with Crippen molar-refractivity contribution in [3.05, 3.63) is 34.9 Å². The van der Waals surface area contributed by atoms with Crippen molar-refractivity contribution < 1.29 is 9.90 Å². The van der Waals surface area contributed by atoms with Crippen molar-refractivity contribution in [2.45, 2.75) is 31.3 Å². The largest absolute Gasteiger partial charge is 0.480 e. The van der Waals surface area contributed by atoms with Crippen LogP contribution in [0.25, 0.3) is 0 Å². The lowest BCUT2D eigenvalue weighted by Crippen LogP contribution is -2.15. The molecule has 0 spiro atoms. The summed E-state index contributed by atoms with van der Waals surface area (Å²) in [7, 11) is 0. The second kappa shape index (κ2) is 6.31. The SMILES string of the molecule is CCC(SCc1ccc(C#N)cc1C)C(=O)O. The average molecular weight is 249 g/mol. The molecule has 1 unspecified atom stereocenters. The predicted molar refractivity (Wildman–Crippen MR) is 68.9 cm³/mol. The molecule has 0 aromatic heterocycles. The number of aryl methyl sites for hydroxylation is 1. The molecule has 1 N–H and O–H groups in total. The van der Waals surface area contributed by atoms with Crippen LogP contribution < -0.4 is 0 Å². The van der Waals surface area contributed by atoms with Crippen molar-refractivity contribution >= 4 is 17.7 Å². The Morgan fingerprint density at radius 3 is 2.76 bits per heavy atom. The summed E-state index contributed by atoms with van der Waals surface area (Å²) in [5, 5.41) is 17.3. The molecule has 1 aromatic rings. The van der Waals surface area contributed by atoms with E-state index in [1.165, 1.54) is 11.8 Å². The summed E-state index contributed by atoms with van der Waals surface area (Å²) in [5.41, 5.74) is 2.77. The van der Waals surface area contributed by atoms with Crippen LogP contribution in [0.2, 0.25) is 0 Å². The van der Waals surface area contributed by atoms with Gasteiger partial charge in [0.25, 0.3) is 0 Å². The normalized spacial score (nSPS) is 11.8. The minimum absolute atomic E-state index is 0.356. The lowest BCUT2D eigenvalue weighted by molar-refractivity contribution is -0.136. The van der Waals surface area contributed by atoms with E-state index < -0.39 is 5.97 Å². The summed E-state index contributed by atoms with van der Waals surface area (Å²) in [6, 6.07) is 7.59. The summed E-state index contributed by atoms with van der Waals surface area (Å²) in [6.07, 6.45) is 0.620. The molecule has 0 heterocycles. The molecule has 0 bridgehead atoms. The highest BCUT2D eigenvalue weighted by molar-refractivity contribution is 7.99. The molecule has 0 saturated carbocycles. The van der Waals surface area contributed by atoms with Crippen molar-refractivity contribution in [2.24, 2.45) is 0 Å². The van der Waals surface area contributed by atoms with Gasteiger partial charge in [-0.3, -0.25) is 4.79 Å². The monoisotopic (exact) mass is 249 g/mol. The molecule has 0 fully saturated rings. The van der Waals surface area contributed by atoms with E-state index in [1.54, 1.807) is 6.07 Å². The Bertz CT molecular complexity index is 451. The Labute approximate surface area is 105 Å². The van der Waals surface area contributed by atoms with Gasteiger partial charge >= 0.3 is 5.97 Å². The molecule has 0 saturated heterocycles. The first-order valence-corrected chi connectivity index (χ1v) is 6.47. The van der Waals surface area contributed by atoms with E-state index in [0.29, 0.717) is 17.7 Å². The second-order valence-electron chi connectivity index (χ2n) is 3.80. The lowest BCUT2D eigenvalue weighted by Gasteiger charge is -2.11. The lowest BCUT2D eigenvalue weighted by atomic mass is 10.1. The van der Waals surface area contributed by atoms with Crippen molar-refractivity contribution in [1.29, 1.82) is 5.26 Å². The van der Waals surface area contributed by atoms with Crippen LogP contribution in [0.4, 0.5) is 0 Å². The third kappa shape index (κ3) is 3.79. The molecule has 0 aliphatic rings. The number of benzene rings is 1. The van der Waals surface area contributed by atoms with Gasteiger partial charge in [0.15, 0.2) is 0 Å². The summed E-state index contributed by atoms with van der Waals surface area (Å²) in [5.74, 6) is -0.0914. The molecule has 1 atom stereocenters. The third-order valence-corrected chi connectivity index (χ3v) is 3.97. The van der Waals surface area contributed by atoms with Gasteiger partial charge in [0.1, 0.15) is 5.25 Å². The molecule has 0 radical (unpaired) electrons. The first-order chi connectivity index (χ1) is 8.08. The zero-order chi connectivity index (χ0) is 12.8. The maximum atomic E-state index is 10.9. The van der Waals surface area contributed by atoms with E-state index in [1.807, 2.05) is 26.0 Å². The van der Waals surface area contributed by atoms with Crippen LogP contribution in [0.15, 0.2) is 18.2 Å². The molecule has 1 rings (SSSR count). The van der Waals surface area contributed by atoms with Gasteiger partial charge in [-0.1, -0.05) is 13.0 Å². The molecule has 0 aliphatic heterocycles. The minimum Gasteiger partial charge on any atom is -0.480 e. The summed E-state index contributed by atoms with van der Waals surface area (Å²) in [4.78, 5) is 10.9. The van der Waals surface area contributed by atoms with Crippen LogP contribution >= 0.6 is 11.8 Å². The van der Waals surface area contributed by atoms with Crippen LogP contribution in [0, 0.1) is 18.3 Å². The highest BCUT2D eigenvalue weighted by Crippen LogP contribution is 2.23. The number of carboxylic acids is 1. The number of nitrogens with zero attached hydrogens (tertiary/aromatic N) is 1. The van der Waals surface area contributed by atoms with Gasteiger partial charge in [0, 0.05) is 5.75 Å². The van der Waals surface area contributed by atoms with E-state index in [9.17, 15) is 4.79 Å². The molecular weight excluding hydrogens is 234 g/mol. The van der Waals surface area contributed by atoms with E-state index in [0.717, 1.165) is 11.1 Å². The van der Waals surface area contributed by atoms with Gasteiger partial charge in [-0.25, -0.2) is 0 Å². The predicted octanol–water partition coefficient (Wildman–Crippen LogP) is 2.96. The maximum absolute atomic E-state index is 10.9. The highest BCUT2D eigenvalue weighted by atomic mass is 32.2. The Hall–Kier alpha value is -1.47. The quantitative estimate of drug-likeness (QED) is 0.871. The van der Waals surface area contributed by atoms with Gasteiger partial charge in [-0.15, -0.1) is 11.8 Å². The van der Waals surface area contributed by atoms with E-state index in [2.05, 4.69) is 6.07 Å². The van der Waals surface area contributed by atoms with E-state index in [-0.39, 0.29) is 5.25 Å². The van der Waals surface area contributed by atoms with Crippen molar-refractivity contribution in [1.82, 2.24) is 0 Å². The topological polar surface area (TPSA) is 61.1 Å². The Balaban J connectivity index is 2.70. The number of carboxylic acid groups (broad SMARTS) is 1. The molecule has 1 aromatic carbocycles. The first-order valence-electron chi connectivity index (χ1n) is 5.42. The van der Waals surface area contributed by atoms with Crippen LogP contribution in [0.3, 0.4) is 0 Å². The van der Waals surface area contributed by atoms with Gasteiger partial charge in [0.05, 0.1) is 11.6 Å². The molecule has 4 heteroatoms. The molecule has 3 nitrogen and oxygen atoms in total. The fraction of sp³-hybridized carbons (Fsp3) is 0.385. The fourth-order valence-corrected chi connectivity index (χ4v) is 2.56. The second-order valence-corrected chi connectivity index (χ2v) is 4.99. The van der Waals surface area contributed by atoms with Gasteiger partial charge < -0.3 is 5.11 Å². The van der Waals surface area contributed by atoms with Crippen LogP contribution in [0.5, 0.6) is 0 Å². The number of hydrogen-bond acceptors (Lipinski definition) is 3. The number of nitriles is 1. The summed E-state index contributed by atoms with van der Waals surface area (Å²) < 4.78 is 0. The Kier molecular flexibility index (Phi) is 5.05. The van der Waals surface area contributed by atoms with Gasteiger partial charge in [0.2, 0.25) is 0 Å². The van der Waals surface area contributed by atoms with Crippen LogP contribution in [-0.4, -0.2) is 16.3 Å². The standard InChI is InChI=1S/C13H15NO2S/c1-3-12(13(15)16)17-8-11-5-4-10(7-14)6-9(11)2/h4-6,12H,3,8H2,1-2H3,(H,15,16). The van der Waals surface area contributed by atoms with Crippen molar-refractivity contribution in [3.8, 4) is 6.07 Å². The molecule has 0 amide bonds. The molecular formula is C13H15NO2S. The van der Waals surface area contributed by atoms with Gasteiger partial charge in [-0.2, -0.15) is 5.26 Å². The smallest absolute Gasteiger partial charge is 0.316 e. The fourth-order valence-electron chi connectivity index (χ4n) is 1.48. The molecule has 90 valence electrons. The zero-order valence-corrected chi connectivity index (χ0v) is 10.8. The van der Waals surface area contributed by atoms with Crippen LogP contribution in [0.1, 0.15) is 30.0 Å². The number of aliphatic carboxylic acids is 1. The highest BCUT2D eigenvalue weighted by Gasteiger charge is 2.15. The van der Waals surface area contributed by atoms with Crippen molar-refractivity contribution in [3.63, 3.8) is 0 Å². The first kappa shape index (κ1) is 13.6. The van der Waals surface area contributed by atoms with E-state index in [4.69, 9.17) is 10.4 Å².